The van der Waals surface area contributed by atoms with Crippen LogP contribution >= 0.6 is 0 Å². The maximum absolute atomic E-state index is 11.4. The van der Waals surface area contributed by atoms with E-state index in [1.54, 1.807) is 19.1 Å². The van der Waals surface area contributed by atoms with Crippen molar-refractivity contribution < 1.29 is 9.53 Å². The molecular weight excluding hydrogens is 192 g/mol. The van der Waals surface area contributed by atoms with Gasteiger partial charge < -0.3 is 10.5 Å². The Morgan fingerprint density at radius 3 is 2.73 bits per heavy atom. The zero-order valence-electron chi connectivity index (χ0n) is 8.70. The number of nitrogens with two attached hydrogens (primary N) is 1. The molecule has 0 spiro atoms. The lowest BCUT2D eigenvalue weighted by molar-refractivity contribution is 0.0599. The summed E-state index contributed by atoms with van der Waals surface area (Å²) in [5.41, 5.74) is 7.64. The van der Waals surface area contributed by atoms with Crippen LogP contribution in [0, 0.1) is 18.3 Å². The molecule has 0 saturated carbocycles. The van der Waals surface area contributed by atoms with Gasteiger partial charge in [-0.3, -0.25) is 0 Å². The van der Waals surface area contributed by atoms with Gasteiger partial charge >= 0.3 is 5.97 Å². The van der Waals surface area contributed by atoms with E-state index >= 15 is 0 Å². The number of aryl methyl sites for hydroxylation is 1. The minimum Gasteiger partial charge on any atom is -0.465 e. The van der Waals surface area contributed by atoms with E-state index in [1.807, 2.05) is 6.07 Å². The summed E-state index contributed by atoms with van der Waals surface area (Å²) >= 11 is 0. The monoisotopic (exact) mass is 204 g/mol. The first kappa shape index (κ1) is 11.2. The summed E-state index contributed by atoms with van der Waals surface area (Å²) < 4.78 is 4.61. The van der Waals surface area contributed by atoms with E-state index in [4.69, 9.17) is 11.0 Å². The third-order valence-corrected chi connectivity index (χ3v) is 2.14. The van der Waals surface area contributed by atoms with Crippen LogP contribution in [0.4, 0.5) is 0 Å². The van der Waals surface area contributed by atoms with E-state index in [-0.39, 0.29) is 0 Å². The van der Waals surface area contributed by atoms with Crippen LogP contribution in [0.5, 0.6) is 0 Å². The fraction of sp³-hybridized carbons (Fsp3) is 0.273. The highest BCUT2D eigenvalue weighted by Crippen LogP contribution is 2.17. The molecule has 0 fully saturated rings. The molecule has 0 amide bonds. The van der Waals surface area contributed by atoms with Crippen molar-refractivity contribution in [2.75, 3.05) is 7.11 Å². The Morgan fingerprint density at radius 2 is 2.27 bits per heavy atom. The quantitative estimate of drug-likeness (QED) is 0.732. The van der Waals surface area contributed by atoms with Crippen molar-refractivity contribution in [3.63, 3.8) is 0 Å². The Bertz CT molecular complexity index is 433. The molecule has 0 saturated heterocycles. The second-order valence-corrected chi connectivity index (χ2v) is 3.14. The van der Waals surface area contributed by atoms with Gasteiger partial charge in [-0.2, -0.15) is 5.26 Å². The van der Waals surface area contributed by atoms with E-state index in [1.165, 1.54) is 7.11 Å². The number of nitrogens with zero attached hydrogens (tertiary/aromatic N) is 1. The third kappa shape index (κ3) is 2.14. The van der Waals surface area contributed by atoms with Crippen molar-refractivity contribution in [2.45, 2.75) is 13.5 Å². The Balaban J connectivity index is 3.39. The largest absolute Gasteiger partial charge is 0.465 e. The number of hydrogen-bond donors (Lipinski definition) is 1. The van der Waals surface area contributed by atoms with Crippen LogP contribution in [0.15, 0.2) is 12.1 Å². The first-order valence-electron chi connectivity index (χ1n) is 4.46. The van der Waals surface area contributed by atoms with Crippen molar-refractivity contribution in [3.8, 4) is 6.07 Å². The molecule has 4 nitrogen and oxygen atoms in total. The lowest BCUT2D eigenvalue weighted by Crippen LogP contribution is -2.09. The molecule has 78 valence electrons. The zero-order chi connectivity index (χ0) is 11.4. The smallest absolute Gasteiger partial charge is 0.339 e. The molecule has 15 heavy (non-hydrogen) atoms. The predicted octanol–water partition coefficient (Wildman–Crippen LogP) is 1.11. The molecule has 0 aliphatic rings. The summed E-state index contributed by atoms with van der Waals surface area (Å²) in [7, 11) is 1.29. The summed E-state index contributed by atoms with van der Waals surface area (Å²) in [5.74, 6) is -0.493. The number of rotatable bonds is 2. The van der Waals surface area contributed by atoms with Crippen LogP contribution in [-0.4, -0.2) is 13.1 Å². The molecule has 0 aliphatic carbocycles. The van der Waals surface area contributed by atoms with E-state index in [2.05, 4.69) is 4.74 Å². The topological polar surface area (TPSA) is 76.1 Å². The van der Waals surface area contributed by atoms with Crippen molar-refractivity contribution in [3.05, 3.63) is 34.4 Å². The van der Waals surface area contributed by atoms with Crippen LogP contribution in [0.25, 0.3) is 0 Å². The summed E-state index contributed by atoms with van der Waals surface area (Å²) in [6, 6.07) is 5.37. The summed E-state index contributed by atoms with van der Waals surface area (Å²) in [6.07, 6.45) is 0. The van der Waals surface area contributed by atoms with Crippen LogP contribution < -0.4 is 5.73 Å². The summed E-state index contributed by atoms with van der Waals surface area (Å²) in [5, 5.41) is 8.91. The highest BCUT2D eigenvalue weighted by Gasteiger charge is 2.15. The highest BCUT2D eigenvalue weighted by molar-refractivity contribution is 5.93. The van der Waals surface area contributed by atoms with Gasteiger partial charge in [0.25, 0.3) is 0 Å². The van der Waals surface area contributed by atoms with Gasteiger partial charge in [-0.05, 0) is 24.1 Å². The molecule has 1 aromatic rings. The Morgan fingerprint density at radius 1 is 1.60 bits per heavy atom. The maximum atomic E-state index is 11.4. The molecule has 0 aliphatic heterocycles. The van der Waals surface area contributed by atoms with Crippen molar-refractivity contribution >= 4 is 5.97 Å². The fourth-order valence-electron chi connectivity index (χ4n) is 1.44. The van der Waals surface area contributed by atoms with Gasteiger partial charge in [0.2, 0.25) is 0 Å². The van der Waals surface area contributed by atoms with E-state index < -0.39 is 5.97 Å². The third-order valence-electron chi connectivity index (χ3n) is 2.14. The van der Waals surface area contributed by atoms with Crippen LogP contribution in [0.1, 0.15) is 27.0 Å². The van der Waals surface area contributed by atoms with Gasteiger partial charge in [-0.15, -0.1) is 0 Å². The van der Waals surface area contributed by atoms with E-state index in [0.29, 0.717) is 23.2 Å². The van der Waals surface area contributed by atoms with E-state index in [0.717, 1.165) is 5.56 Å². The number of nitriles is 1. The number of ether oxygens (including phenoxy) is 1. The molecule has 0 aromatic heterocycles. The molecule has 2 N–H and O–H groups in total. The molecule has 4 heteroatoms. The second-order valence-electron chi connectivity index (χ2n) is 3.14. The normalized spacial score (nSPS) is 9.47. The lowest BCUT2D eigenvalue weighted by Gasteiger charge is -2.08. The summed E-state index contributed by atoms with van der Waals surface area (Å²) in [6.45, 7) is 2.10. The van der Waals surface area contributed by atoms with Crippen molar-refractivity contribution in [1.82, 2.24) is 0 Å². The Hall–Kier alpha value is -1.86. The second kappa shape index (κ2) is 4.58. The maximum Gasteiger partial charge on any atom is 0.339 e. The minimum atomic E-state index is -0.493. The van der Waals surface area contributed by atoms with Crippen LogP contribution in [-0.2, 0) is 11.3 Å². The van der Waals surface area contributed by atoms with Gasteiger partial charge in [-0.25, -0.2) is 4.79 Å². The number of carbonyl (C=O) groups is 1. The lowest BCUT2D eigenvalue weighted by atomic mass is 9.99. The molecule has 0 radical (unpaired) electrons. The van der Waals surface area contributed by atoms with Gasteiger partial charge in [-0.1, -0.05) is 6.07 Å². The molecule has 0 atom stereocenters. The van der Waals surface area contributed by atoms with Crippen LogP contribution in [0.3, 0.4) is 0 Å². The zero-order valence-corrected chi connectivity index (χ0v) is 8.70. The Kier molecular flexibility index (Phi) is 3.42. The minimum absolute atomic E-state index is 0.308. The van der Waals surface area contributed by atoms with Gasteiger partial charge in [0.05, 0.1) is 18.2 Å². The molecule has 0 bridgehead atoms. The molecular formula is C11H12N2O2. The number of carbonyl (C=O) groups excluding carboxylic acids is 1. The fourth-order valence-corrected chi connectivity index (χ4v) is 1.44. The number of benzene rings is 1. The SMILES string of the molecule is COC(=O)c1c(C)cc(CN)cc1C#N. The average Bonchev–Trinajstić information content (AvgIpc) is 2.26. The highest BCUT2D eigenvalue weighted by atomic mass is 16.5. The van der Waals surface area contributed by atoms with Crippen LogP contribution in [0.2, 0.25) is 0 Å². The molecule has 1 aromatic carbocycles. The van der Waals surface area contributed by atoms with E-state index in [9.17, 15) is 4.79 Å². The first-order chi connectivity index (χ1) is 7.13. The number of methoxy groups -OCH3 is 1. The molecule has 1 rings (SSSR count). The molecule has 0 unspecified atom stereocenters. The Labute approximate surface area is 88.3 Å². The standard InChI is InChI=1S/C11H12N2O2/c1-7-3-8(5-12)4-9(6-13)10(7)11(14)15-2/h3-4H,5,12H2,1-2H3. The number of esters is 1. The van der Waals surface area contributed by atoms with Gasteiger partial charge in [0.1, 0.15) is 6.07 Å². The van der Waals surface area contributed by atoms with Gasteiger partial charge in [0.15, 0.2) is 0 Å². The van der Waals surface area contributed by atoms with Gasteiger partial charge in [0, 0.05) is 6.54 Å². The van der Waals surface area contributed by atoms with Crippen molar-refractivity contribution in [1.29, 1.82) is 5.26 Å². The number of hydrogen-bond acceptors (Lipinski definition) is 4. The summed E-state index contributed by atoms with van der Waals surface area (Å²) in [4.78, 5) is 11.4. The van der Waals surface area contributed by atoms with Crippen molar-refractivity contribution in [2.24, 2.45) is 5.73 Å². The predicted molar refractivity (Wildman–Crippen MR) is 55.1 cm³/mol. The average molecular weight is 204 g/mol. The molecule has 0 heterocycles. The first-order valence-corrected chi connectivity index (χ1v) is 4.46.